The number of benzene rings is 2. The number of nitrogens with one attached hydrogen (secondary N) is 1. The van der Waals surface area contributed by atoms with E-state index in [0.29, 0.717) is 12.1 Å². The van der Waals surface area contributed by atoms with Crippen LogP contribution in [0.15, 0.2) is 41.4 Å². The van der Waals surface area contributed by atoms with Crippen molar-refractivity contribution in [2.24, 2.45) is 4.99 Å². The molecule has 1 saturated heterocycles. The van der Waals surface area contributed by atoms with Gasteiger partial charge in [-0.25, -0.2) is 4.39 Å². The highest BCUT2D eigenvalue weighted by Gasteiger charge is 2.21. The van der Waals surface area contributed by atoms with Crippen molar-refractivity contribution in [3.8, 4) is 0 Å². The SMILES string of the molecule is CN=C(NCc1ccc(F)c(CO)c1)N1CCN(c2cccc(C)c2C)CC1.I. The maximum atomic E-state index is 13.5. The second-order valence-electron chi connectivity index (χ2n) is 7.18. The van der Waals surface area contributed by atoms with Gasteiger partial charge in [0.2, 0.25) is 0 Å². The Morgan fingerprint density at radius 3 is 2.52 bits per heavy atom. The van der Waals surface area contributed by atoms with E-state index in [1.54, 1.807) is 19.2 Å². The summed E-state index contributed by atoms with van der Waals surface area (Å²) in [5, 5.41) is 12.6. The molecule has 0 saturated carbocycles. The zero-order chi connectivity index (χ0) is 20.1. The predicted octanol–water partition coefficient (Wildman–Crippen LogP) is 3.45. The Balaban J connectivity index is 0.00000300. The van der Waals surface area contributed by atoms with E-state index in [2.05, 4.69) is 52.2 Å². The van der Waals surface area contributed by atoms with Crippen molar-refractivity contribution in [3.05, 3.63) is 64.5 Å². The molecule has 1 heterocycles. The largest absolute Gasteiger partial charge is 0.392 e. The quantitative estimate of drug-likeness (QED) is 0.375. The van der Waals surface area contributed by atoms with Gasteiger partial charge in [-0.1, -0.05) is 18.2 Å². The first kappa shape index (κ1) is 23.4. The fourth-order valence-corrected chi connectivity index (χ4v) is 3.61. The minimum atomic E-state index is -0.377. The lowest BCUT2D eigenvalue weighted by Crippen LogP contribution is -2.52. The molecule has 7 heteroatoms. The number of aliphatic hydroxyl groups excluding tert-OH is 1. The second kappa shape index (κ2) is 10.8. The molecule has 3 rings (SSSR count). The summed E-state index contributed by atoms with van der Waals surface area (Å²) in [6.07, 6.45) is 0. The summed E-state index contributed by atoms with van der Waals surface area (Å²) in [4.78, 5) is 9.08. The van der Waals surface area contributed by atoms with Crippen LogP contribution in [0.25, 0.3) is 0 Å². The summed E-state index contributed by atoms with van der Waals surface area (Å²) < 4.78 is 13.5. The van der Waals surface area contributed by atoms with Crippen LogP contribution in [-0.4, -0.2) is 49.2 Å². The van der Waals surface area contributed by atoms with E-state index in [4.69, 9.17) is 0 Å². The summed E-state index contributed by atoms with van der Waals surface area (Å²) >= 11 is 0. The molecule has 0 radical (unpaired) electrons. The highest BCUT2D eigenvalue weighted by atomic mass is 127. The molecule has 0 bridgehead atoms. The van der Waals surface area contributed by atoms with Gasteiger partial charge in [0.1, 0.15) is 5.82 Å². The van der Waals surface area contributed by atoms with Crippen molar-refractivity contribution in [1.29, 1.82) is 0 Å². The van der Waals surface area contributed by atoms with E-state index in [-0.39, 0.29) is 36.4 Å². The number of nitrogens with zero attached hydrogens (tertiary/aromatic N) is 3. The normalized spacial score (nSPS) is 14.6. The van der Waals surface area contributed by atoms with Crippen molar-refractivity contribution in [1.82, 2.24) is 10.2 Å². The lowest BCUT2D eigenvalue weighted by atomic mass is 10.1. The van der Waals surface area contributed by atoms with Crippen LogP contribution in [0, 0.1) is 19.7 Å². The zero-order valence-electron chi connectivity index (χ0n) is 17.3. The molecule has 0 spiro atoms. The third-order valence-electron chi connectivity index (χ3n) is 5.44. The van der Waals surface area contributed by atoms with Crippen molar-refractivity contribution >= 4 is 35.6 Å². The summed E-state index contributed by atoms with van der Waals surface area (Å²) in [7, 11) is 1.78. The van der Waals surface area contributed by atoms with Gasteiger partial charge >= 0.3 is 0 Å². The van der Waals surface area contributed by atoms with Gasteiger partial charge in [-0.15, -0.1) is 24.0 Å². The van der Waals surface area contributed by atoms with Crippen LogP contribution < -0.4 is 10.2 Å². The number of aryl methyl sites for hydroxylation is 1. The van der Waals surface area contributed by atoms with Gasteiger partial charge in [-0.05, 0) is 48.7 Å². The van der Waals surface area contributed by atoms with Gasteiger partial charge in [0, 0.05) is 51.0 Å². The number of aliphatic imine (C=N–C) groups is 1. The number of hydrogen-bond acceptors (Lipinski definition) is 3. The Morgan fingerprint density at radius 2 is 1.86 bits per heavy atom. The Bertz CT molecular complexity index is 851. The van der Waals surface area contributed by atoms with Crippen molar-refractivity contribution in [2.75, 3.05) is 38.1 Å². The summed E-state index contributed by atoms with van der Waals surface area (Å²) in [6.45, 7) is 8.23. The first-order valence-electron chi connectivity index (χ1n) is 9.68. The third kappa shape index (κ3) is 5.60. The van der Waals surface area contributed by atoms with Crippen LogP contribution >= 0.6 is 24.0 Å². The van der Waals surface area contributed by atoms with E-state index < -0.39 is 0 Å². The number of anilines is 1. The molecule has 2 aromatic rings. The Kier molecular flexibility index (Phi) is 8.70. The smallest absolute Gasteiger partial charge is 0.194 e. The molecule has 0 aromatic heterocycles. The van der Waals surface area contributed by atoms with Gasteiger partial charge in [-0.2, -0.15) is 0 Å². The highest BCUT2D eigenvalue weighted by molar-refractivity contribution is 14.0. The van der Waals surface area contributed by atoms with E-state index in [0.717, 1.165) is 37.7 Å². The lowest BCUT2D eigenvalue weighted by molar-refractivity contribution is 0.275. The van der Waals surface area contributed by atoms with Crippen LogP contribution in [0.4, 0.5) is 10.1 Å². The summed E-state index contributed by atoms with van der Waals surface area (Å²) in [5.41, 5.74) is 5.20. The molecule has 1 aliphatic rings. The number of rotatable bonds is 4. The first-order chi connectivity index (χ1) is 13.5. The molecule has 158 valence electrons. The molecule has 2 aromatic carbocycles. The molecule has 0 atom stereocenters. The van der Waals surface area contributed by atoms with Crippen molar-refractivity contribution < 1.29 is 9.50 Å². The average molecular weight is 512 g/mol. The minimum Gasteiger partial charge on any atom is -0.392 e. The fourth-order valence-electron chi connectivity index (χ4n) is 3.61. The summed E-state index contributed by atoms with van der Waals surface area (Å²) in [5.74, 6) is 0.466. The Hall–Kier alpha value is -1.87. The van der Waals surface area contributed by atoms with Crippen LogP contribution in [0.5, 0.6) is 0 Å². The fraction of sp³-hybridized carbons (Fsp3) is 0.409. The molecule has 0 amide bonds. The minimum absolute atomic E-state index is 0. The maximum Gasteiger partial charge on any atom is 0.194 e. The Morgan fingerprint density at radius 1 is 1.14 bits per heavy atom. The monoisotopic (exact) mass is 512 g/mol. The molecule has 1 fully saturated rings. The van der Waals surface area contributed by atoms with Crippen molar-refractivity contribution in [3.63, 3.8) is 0 Å². The van der Waals surface area contributed by atoms with E-state index >= 15 is 0 Å². The zero-order valence-corrected chi connectivity index (χ0v) is 19.6. The molecule has 2 N–H and O–H groups in total. The van der Waals surface area contributed by atoms with E-state index in [1.165, 1.54) is 22.9 Å². The van der Waals surface area contributed by atoms with Crippen LogP contribution in [0.1, 0.15) is 22.3 Å². The van der Waals surface area contributed by atoms with Gasteiger partial charge in [0.25, 0.3) is 0 Å². The van der Waals surface area contributed by atoms with Gasteiger partial charge in [0.05, 0.1) is 6.61 Å². The van der Waals surface area contributed by atoms with Crippen LogP contribution in [-0.2, 0) is 13.2 Å². The first-order valence-corrected chi connectivity index (χ1v) is 9.68. The van der Waals surface area contributed by atoms with E-state index in [1.807, 2.05) is 0 Å². The molecular formula is C22H30FIN4O. The lowest BCUT2D eigenvalue weighted by Gasteiger charge is -2.38. The molecule has 1 aliphatic heterocycles. The highest BCUT2D eigenvalue weighted by Crippen LogP contribution is 2.23. The molecular weight excluding hydrogens is 482 g/mol. The van der Waals surface area contributed by atoms with Gasteiger partial charge < -0.3 is 20.2 Å². The van der Waals surface area contributed by atoms with Gasteiger partial charge in [0.15, 0.2) is 5.96 Å². The van der Waals surface area contributed by atoms with E-state index in [9.17, 15) is 9.50 Å². The number of guanidine groups is 1. The van der Waals surface area contributed by atoms with Crippen LogP contribution in [0.3, 0.4) is 0 Å². The molecule has 0 unspecified atom stereocenters. The second-order valence-corrected chi connectivity index (χ2v) is 7.18. The van der Waals surface area contributed by atoms with Gasteiger partial charge in [-0.3, -0.25) is 4.99 Å². The Labute approximate surface area is 189 Å². The molecule has 29 heavy (non-hydrogen) atoms. The maximum absolute atomic E-state index is 13.5. The number of piperazine rings is 1. The number of halogens is 2. The average Bonchev–Trinajstić information content (AvgIpc) is 2.72. The standard InChI is InChI=1S/C22H29FN4O.HI/c1-16-5-4-6-21(17(16)2)26-9-11-27(12-10-26)22(24-3)25-14-18-7-8-20(23)19(13-18)15-28;/h4-8,13,28H,9-12,14-15H2,1-3H3,(H,24,25);1H. The predicted molar refractivity (Wildman–Crippen MR) is 128 cm³/mol. The number of hydrogen-bond donors (Lipinski definition) is 2. The van der Waals surface area contributed by atoms with Crippen molar-refractivity contribution in [2.45, 2.75) is 27.0 Å². The molecule has 5 nitrogen and oxygen atoms in total. The summed E-state index contributed by atoms with van der Waals surface area (Å²) in [6, 6.07) is 11.3. The topological polar surface area (TPSA) is 51.1 Å². The number of aliphatic hydroxyl groups is 1. The third-order valence-corrected chi connectivity index (χ3v) is 5.44. The molecule has 0 aliphatic carbocycles. The van der Waals surface area contributed by atoms with Crippen LogP contribution in [0.2, 0.25) is 0 Å².